The van der Waals surface area contributed by atoms with Gasteiger partial charge in [0.2, 0.25) is 0 Å². The monoisotopic (exact) mass is 194 g/mol. The van der Waals surface area contributed by atoms with Crippen molar-refractivity contribution >= 4 is 0 Å². The second-order valence-electron chi connectivity index (χ2n) is 5.23. The SMILES string of the molecule is C=C(C)NCC1CC12CCN(C)CC2. The lowest BCUT2D eigenvalue weighted by atomic mass is 9.91. The molecule has 2 aliphatic rings. The fourth-order valence-corrected chi connectivity index (χ4v) is 2.69. The number of allylic oxidation sites excluding steroid dienone is 1. The van der Waals surface area contributed by atoms with Crippen molar-refractivity contribution in [1.29, 1.82) is 0 Å². The van der Waals surface area contributed by atoms with E-state index in [2.05, 4.69) is 23.8 Å². The molecule has 2 heteroatoms. The molecule has 1 N–H and O–H groups in total. The van der Waals surface area contributed by atoms with Gasteiger partial charge in [0, 0.05) is 12.2 Å². The van der Waals surface area contributed by atoms with Gasteiger partial charge in [-0.25, -0.2) is 0 Å². The molecule has 0 radical (unpaired) electrons. The Labute approximate surface area is 87.4 Å². The maximum atomic E-state index is 3.88. The molecule has 1 saturated heterocycles. The molecule has 1 heterocycles. The highest BCUT2D eigenvalue weighted by Crippen LogP contribution is 2.58. The van der Waals surface area contributed by atoms with Gasteiger partial charge in [-0.05, 0) is 57.7 Å². The standard InChI is InChI=1S/C12H22N2/c1-10(2)13-9-11-8-12(11)4-6-14(3)7-5-12/h11,13H,1,4-9H2,2-3H3. The number of piperidine rings is 1. The fraction of sp³-hybridized carbons (Fsp3) is 0.833. The van der Waals surface area contributed by atoms with Crippen molar-refractivity contribution in [2.75, 3.05) is 26.7 Å². The molecule has 1 spiro atoms. The van der Waals surface area contributed by atoms with Gasteiger partial charge < -0.3 is 10.2 Å². The van der Waals surface area contributed by atoms with Crippen LogP contribution in [0.3, 0.4) is 0 Å². The second kappa shape index (κ2) is 3.58. The van der Waals surface area contributed by atoms with Crippen molar-refractivity contribution in [2.45, 2.75) is 26.2 Å². The van der Waals surface area contributed by atoms with Gasteiger partial charge in [-0.1, -0.05) is 6.58 Å². The highest BCUT2D eigenvalue weighted by molar-refractivity contribution is 5.06. The van der Waals surface area contributed by atoms with Crippen LogP contribution in [-0.4, -0.2) is 31.6 Å². The first-order chi connectivity index (χ1) is 6.62. The number of nitrogens with one attached hydrogen (secondary N) is 1. The summed E-state index contributed by atoms with van der Waals surface area (Å²) in [6, 6.07) is 0. The van der Waals surface area contributed by atoms with Crippen molar-refractivity contribution in [3.8, 4) is 0 Å². The zero-order chi connectivity index (χ0) is 10.2. The molecule has 80 valence electrons. The van der Waals surface area contributed by atoms with Gasteiger partial charge in [-0.3, -0.25) is 0 Å². The molecule has 14 heavy (non-hydrogen) atoms. The summed E-state index contributed by atoms with van der Waals surface area (Å²) in [5, 5.41) is 3.38. The van der Waals surface area contributed by atoms with Crippen LogP contribution in [0.5, 0.6) is 0 Å². The van der Waals surface area contributed by atoms with E-state index in [1.807, 2.05) is 6.92 Å². The first-order valence-electron chi connectivity index (χ1n) is 5.70. The highest BCUT2D eigenvalue weighted by atomic mass is 15.1. The number of nitrogens with zero attached hydrogens (tertiary/aromatic N) is 1. The Kier molecular flexibility index (Phi) is 2.56. The third-order valence-corrected chi connectivity index (χ3v) is 3.99. The first kappa shape index (κ1) is 10.0. The van der Waals surface area contributed by atoms with Crippen LogP contribution >= 0.6 is 0 Å². The van der Waals surface area contributed by atoms with Crippen LogP contribution in [0.15, 0.2) is 12.3 Å². The Hall–Kier alpha value is -0.500. The third-order valence-electron chi connectivity index (χ3n) is 3.99. The van der Waals surface area contributed by atoms with Gasteiger partial charge in [0.15, 0.2) is 0 Å². The lowest BCUT2D eigenvalue weighted by Crippen LogP contribution is -2.33. The lowest BCUT2D eigenvalue weighted by Gasteiger charge is -2.30. The van der Waals surface area contributed by atoms with Crippen molar-refractivity contribution < 1.29 is 0 Å². The van der Waals surface area contributed by atoms with E-state index in [1.54, 1.807) is 0 Å². The van der Waals surface area contributed by atoms with Gasteiger partial charge in [0.05, 0.1) is 0 Å². The topological polar surface area (TPSA) is 15.3 Å². The molecule has 2 nitrogen and oxygen atoms in total. The van der Waals surface area contributed by atoms with Crippen molar-refractivity contribution in [2.24, 2.45) is 11.3 Å². The minimum absolute atomic E-state index is 0.717. The number of hydrogen-bond donors (Lipinski definition) is 1. The smallest absolute Gasteiger partial charge is 0.0177 e. The summed E-state index contributed by atoms with van der Waals surface area (Å²) in [5.74, 6) is 0.924. The molecule has 1 atom stereocenters. The maximum absolute atomic E-state index is 3.88. The van der Waals surface area contributed by atoms with E-state index in [0.29, 0.717) is 0 Å². The number of hydrogen-bond acceptors (Lipinski definition) is 2. The van der Waals surface area contributed by atoms with Crippen LogP contribution in [0.1, 0.15) is 26.2 Å². The van der Waals surface area contributed by atoms with Crippen molar-refractivity contribution in [3.05, 3.63) is 12.3 Å². The van der Waals surface area contributed by atoms with Crippen LogP contribution in [0.4, 0.5) is 0 Å². The molecule has 0 aromatic rings. The predicted octanol–water partition coefficient (Wildman–Crippen LogP) is 1.84. The Morgan fingerprint density at radius 2 is 2.14 bits per heavy atom. The lowest BCUT2D eigenvalue weighted by molar-refractivity contribution is 0.193. The van der Waals surface area contributed by atoms with E-state index in [1.165, 1.54) is 32.4 Å². The molecular formula is C12H22N2. The van der Waals surface area contributed by atoms with Crippen LogP contribution in [0, 0.1) is 11.3 Å². The van der Waals surface area contributed by atoms with Crippen LogP contribution in [-0.2, 0) is 0 Å². The molecule has 1 aliphatic heterocycles. The Morgan fingerprint density at radius 1 is 1.50 bits per heavy atom. The van der Waals surface area contributed by atoms with Crippen LogP contribution < -0.4 is 5.32 Å². The summed E-state index contributed by atoms with van der Waals surface area (Å²) in [6.07, 6.45) is 4.26. The average molecular weight is 194 g/mol. The quantitative estimate of drug-likeness (QED) is 0.737. The number of rotatable bonds is 3. The van der Waals surface area contributed by atoms with E-state index >= 15 is 0 Å². The zero-order valence-corrected chi connectivity index (χ0v) is 9.47. The minimum Gasteiger partial charge on any atom is -0.389 e. The summed E-state index contributed by atoms with van der Waals surface area (Å²) in [7, 11) is 2.23. The van der Waals surface area contributed by atoms with Gasteiger partial charge in [0.25, 0.3) is 0 Å². The second-order valence-corrected chi connectivity index (χ2v) is 5.23. The molecular weight excluding hydrogens is 172 g/mol. The van der Waals surface area contributed by atoms with Gasteiger partial charge in [-0.15, -0.1) is 0 Å². The largest absolute Gasteiger partial charge is 0.389 e. The van der Waals surface area contributed by atoms with E-state index in [0.717, 1.165) is 23.6 Å². The average Bonchev–Trinajstić information content (AvgIpc) is 2.82. The molecule has 0 aromatic carbocycles. The summed E-state index contributed by atoms with van der Waals surface area (Å²) < 4.78 is 0. The van der Waals surface area contributed by atoms with Crippen LogP contribution in [0.2, 0.25) is 0 Å². The first-order valence-corrected chi connectivity index (χ1v) is 5.70. The highest BCUT2D eigenvalue weighted by Gasteiger charge is 2.53. The van der Waals surface area contributed by atoms with Crippen LogP contribution in [0.25, 0.3) is 0 Å². The van der Waals surface area contributed by atoms with Crippen molar-refractivity contribution in [1.82, 2.24) is 10.2 Å². The third kappa shape index (κ3) is 1.95. The summed E-state index contributed by atoms with van der Waals surface area (Å²) in [4.78, 5) is 2.45. The van der Waals surface area contributed by atoms with Gasteiger partial charge >= 0.3 is 0 Å². The summed E-state index contributed by atoms with van der Waals surface area (Å²) in [6.45, 7) is 9.67. The molecule has 1 saturated carbocycles. The summed E-state index contributed by atoms with van der Waals surface area (Å²) in [5.41, 5.74) is 1.83. The Balaban J connectivity index is 1.76. The molecule has 2 fully saturated rings. The molecule has 0 amide bonds. The normalized spacial score (nSPS) is 30.3. The van der Waals surface area contributed by atoms with E-state index in [4.69, 9.17) is 0 Å². The molecule has 0 aromatic heterocycles. The summed E-state index contributed by atoms with van der Waals surface area (Å²) >= 11 is 0. The van der Waals surface area contributed by atoms with E-state index < -0.39 is 0 Å². The Bertz CT molecular complexity index is 226. The van der Waals surface area contributed by atoms with Crippen molar-refractivity contribution in [3.63, 3.8) is 0 Å². The molecule has 2 rings (SSSR count). The maximum Gasteiger partial charge on any atom is 0.0177 e. The van der Waals surface area contributed by atoms with Gasteiger partial charge in [-0.2, -0.15) is 0 Å². The van der Waals surface area contributed by atoms with E-state index in [-0.39, 0.29) is 0 Å². The zero-order valence-electron chi connectivity index (χ0n) is 9.47. The fourth-order valence-electron chi connectivity index (χ4n) is 2.69. The van der Waals surface area contributed by atoms with E-state index in [9.17, 15) is 0 Å². The molecule has 0 bridgehead atoms. The van der Waals surface area contributed by atoms with Gasteiger partial charge in [0.1, 0.15) is 0 Å². The molecule has 1 unspecified atom stereocenters. The Morgan fingerprint density at radius 3 is 2.71 bits per heavy atom. The predicted molar refractivity (Wildman–Crippen MR) is 60.1 cm³/mol. The number of likely N-dealkylation sites (tertiary alicyclic amines) is 1. The molecule has 1 aliphatic carbocycles. The minimum atomic E-state index is 0.717.